The van der Waals surface area contributed by atoms with Gasteiger partial charge in [0.2, 0.25) is 0 Å². The molecule has 112 valence electrons. The molecule has 1 heterocycles. The van der Waals surface area contributed by atoms with E-state index in [2.05, 4.69) is 11.0 Å². The second-order valence-electron chi connectivity index (χ2n) is 5.19. The summed E-state index contributed by atoms with van der Waals surface area (Å²) in [5.41, 5.74) is 8.92. The van der Waals surface area contributed by atoms with Crippen LogP contribution >= 0.6 is 0 Å². The van der Waals surface area contributed by atoms with Gasteiger partial charge in [-0.2, -0.15) is 13.2 Å². The summed E-state index contributed by atoms with van der Waals surface area (Å²) in [4.78, 5) is 3.58. The number of nitrogens with zero attached hydrogens (tertiary/aromatic N) is 2. The average Bonchev–Trinajstić information content (AvgIpc) is 2.37. The van der Waals surface area contributed by atoms with Crippen molar-refractivity contribution in [3.05, 3.63) is 29.3 Å². The number of rotatable bonds is 3. The highest BCUT2D eigenvalue weighted by Crippen LogP contribution is 2.22. The predicted molar refractivity (Wildman–Crippen MR) is 73.8 cm³/mol. The summed E-state index contributed by atoms with van der Waals surface area (Å²) in [7, 11) is 0. The van der Waals surface area contributed by atoms with Gasteiger partial charge < -0.3 is 10.6 Å². The van der Waals surface area contributed by atoms with Gasteiger partial charge in [-0.05, 0) is 30.2 Å². The molecule has 0 aromatic heterocycles. The predicted octanol–water partition coefficient (Wildman–Crippen LogP) is 2.14. The molecule has 1 saturated heterocycles. The van der Waals surface area contributed by atoms with Gasteiger partial charge >= 0.3 is 6.18 Å². The molecule has 0 amide bonds. The number of alkyl halides is 3. The second kappa shape index (κ2) is 6.01. The first kappa shape index (κ1) is 15.1. The summed E-state index contributed by atoms with van der Waals surface area (Å²) in [5.74, 6) is 0. The van der Waals surface area contributed by atoms with Crippen LogP contribution in [0.25, 0.3) is 0 Å². The van der Waals surface area contributed by atoms with E-state index in [1.165, 1.54) is 4.90 Å². The van der Waals surface area contributed by atoms with Crippen LogP contribution in [-0.4, -0.2) is 43.8 Å². The van der Waals surface area contributed by atoms with Gasteiger partial charge in [-0.15, -0.1) is 0 Å². The summed E-state index contributed by atoms with van der Waals surface area (Å²) in [6.45, 7) is 3.83. The number of aryl methyl sites for hydroxylation is 1. The van der Waals surface area contributed by atoms with Gasteiger partial charge in [-0.25, -0.2) is 0 Å². The highest BCUT2D eigenvalue weighted by molar-refractivity contribution is 5.51. The van der Waals surface area contributed by atoms with Gasteiger partial charge in [-0.1, -0.05) is 6.07 Å². The monoisotopic (exact) mass is 287 g/mol. The summed E-state index contributed by atoms with van der Waals surface area (Å²) in [6.07, 6.45) is -4.11. The lowest BCUT2D eigenvalue weighted by Gasteiger charge is -2.36. The Morgan fingerprint density at radius 1 is 1.15 bits per heavy atom. The van der Waals surface area contributed by atoms with E-state index in [0.717, 1.165) is 16.8 Å². The Bertz CT molecular complexity index is 451. The highest BCUT2D eigenvalue weighted by Gasteiger charge is 2.32. The van der Waals surface area contributed by atoms with Crippen molar-refractivity contribution in [3.63, 3.8) is 0 Å². The highest BCUT2D eigenvalue weighted by atomic mass is 19.4. The number of halogens is 3. The lowest BCUT2D eigenvalue weighted by atomic mass is 10.1. The summed E-state index contributed by atoms with van der Waals surface area (Å²) < 4.78 is 37.0. The topological polar surface area (TPSA) is 32.5 Å². The molecule has 1 aromatic rings. The first-order valence-electron chi connectivity index (χ1n) is 6.73. The van der Waals surface area contributed by atoms with Crippen LogP contribution in [0.1, 0.15) is 11.1 Å². The smallest absolute Gasteiger partial charge is 0.369 e. The molecule has 0 aliphatic carbocycles. The number of hydrogen-bond donors (Lipinski definition) is 1. The SMILES string of the molecule is Cc1cc(N2CCN(CC(F)(F)F)CC2)ccc1CN. The third-order valence-corrected chi connectivity index (χ3v) is 3.69. The van der Waals surface area contributed by atoms with E-state index < -0.39 is 12.7 Å². The van der Waals surface area contributed by atoms with Crippen molar-refractivity contribution >= 4 is 5.69 Å². The summed E-state index contributed by atoms with van der Waals surface area (Å²) in [5, 5.41) is 0. The van der Waals surface area contributed by atoms with Crippen molar-refractivity contribution in [2.24, 2.45) is 5.73 Å². The molecular formula is C14H20F3N3. The number of anilines is 1. The zero-order chi connectivity index (χ0) is 14.8. The molecule has 1 fully saturated rings. The van der Waals surface area contributed by atoms with E-state index in [0.29, 0.717) is 32.7 Å². The van der Waals surface area contributed by atoms with Crippen LogP contribution in [0.3, 0.4) is 0 Å². The normalized spacial score (nSPS) is 17.6. The van der Waals surface area contributed by atoms with Crippen molar-refractivity contribution in [1.29, 1.82) is 0 Å². The minimum atomic E-state index is -4.11. The zero-order valence-electron chi connectivity index (χ0n) is 11.6. The number of nitrogens with two attached hydrogens (primary N) is 1. The molecule has 0 unspecified atom stereocenters. The molecule has 0 atom stereocenters. The number of benzene rings is 1. The van der Waals surface area contributed by atoms with Crippen LogP contribution in [-0.2, 0) is 6.54 Å². The van der Waals surface area contributed by atoms with Crippen molar-refractivity contribution in [1.82, 2.24) is 4.90 Å². The fourth-order valence-corrected chi connectivity index (χ4v) is 2.52. The molecule has 0 spiro atoms. The Labute approximate surface area is 117 Å². The fourth-order valence-electron chi connectivity index (χ4n) is 2.52. The van der Waals surface area contributed by atoms with Crippen LogP contribution in [0.2, 0.25) is 0 Å². The van der Waals surface area contributed by atoms with Crippen LogP contribution in [0.15, 0.2) is 18.2 Å². The Balaban J connectivity index is 1.95. The molecule has 0 radical (unpaired) electrons. The molecule has 2 N–H and O–H groups in total. The number of piperazine rings is 1. The molecular weight excluding hydrogens is 267 g/mol. The molecule has 6 heteroatoms. The Hall–Kier alpha value is -1.27. The molecule has 0 saturated carbocycles. The minimum absolute atomic E-state index is 0.442. The molecule has 1 aliphatic rings. The Morgan fingerprint density at radius 3 is 2.30 bits per heavy atom. The van der Waals surface area contributed by atoms with Crippen LogP contribution < -0.4 is 10.6 Å². The summed E-state index contributed by atoms with van der Waals surface area (Å²) in [6, 6.07) is 6.04. The van der Waals surface area contributed by atoms with Crippen LogP contribution in [0, 0.1) is 6.92 Å². The van der Waals surface area contributed by atoms with Gasteiger partial charge in [-0.3, -0.25) is 4.90 Å². The van der Waals surface area contributed by atoms with Gasteiger partial charge in [0.25, 0.3) is 0 Å². The van der Waals surface area contributed by atoms with E-state index >= 15 is 0 Å². The van der Waals surface area contributed by atoms with Crippen molar-refractivity contribution in [2.75, 3.05) is 37.6 Å². The fraction of sp³-hybridized carbons (Fsp3) is 0.571. The largest absolute Gasteiger partial charge is 0.401 e. The maximum atomic E-state index is 12.3. The third-order valence-electron chi connectivity index (χ3n) is 3.69. The molecule has 1 aromatic carbocycles. The third kappa shape index (κ3) is 3.86. The van der Waals surface area contributed by atoms with Gasteiger partial charge in [0, 0.05) is 38.4 Å². The standard InChI is InChI=1S/C14H20F3N3/c1-11-8-13(3-2-12(11)9-18)20-6-4-19(5-7-20)10-14(15,16)17/h2-3,8H,4-7,9-10,18H2,1H3. The maximum absolute atomic E-state index is 12.3. The maximum Gasteiger partial charge on any atom is 0.401 e. The van der Waals surface area contributed by atoms with Gasteiger partial charge in [0.15, 0.2) is 0 Å². The lowest BCUT2D eigenvalue weighted by molar-refractivity contribution is -0.146. The van der Waals surface area contributed by atoms with Crippen LogP contribution in [0.4, 0.5) is 18.9 Å². The van der Waals surface area contributed by atoms with Crippen molar-refractivity contribution in [3.8, 4) is 0 Å². The van der Waals surface area contributed by atoms with Crippen molar-refractivity contribution < 1.29 is 13.2 Å². The first-order valence-corrected chi connectivity index (χ1v) is 6.73. The molecule has 2 rings (SSSR count). The van der Waals surface area contributed by atoms with E-state index in [1.54, 1.807) is 0 Å². The molecule has 20 heavy (non-hydrogen) atoms. The van der Waals surface area contributed by atoms with Gasteiger partial charge in [0.05, 0.1) is 6.54 Å². The van der Waals surface area contributed by atoms with Crippen LogP contribution in [0.5, 0.6) is 0 Å². The van der Waals surface area contributed by atoms with E-state index in [-0.39, 0.29) is 0 Å². The Morgan fingerprint density at radius 2 is 1.80 bits per heavy atom. The van der Waals surface area contributed by atoms with Crippen molar-refractivity contribution in [2.45, 2.75) is 19.6 Å². The lowest BCUT2D eigenvalue weighted by Crippen LogP contribution is -2.49. The molecule has 1 aliphatic heterocycles. The second-order valence-corrected chi connectivity index (χ2v) is 5.19. The first-order chi connectivity index (χ1) is 9.39. The Kier molecular flexibility index (Phi) is 4.55. The van der Waals surface area contributed by atoms with E-state index in [1.807, 2.05) is 19.1 Å². The zero-order valence-corrected chi connectivity index (χ0v) is 11.6. The quantitative estimate of drug-likeness (QED) is 0.924. The molecule has 0 bridgehead atoms. The number of hydrogen-bond acceptors (Lipinski definition) is 3. The minimum Gasteiger partial charge on any atom is -0.369 e. The molecule has 3 nitrogen and oxygen atoms in total. The average molecular weight is 287 g/mol. The van der Waals surface area contributed by atoms with E-state index in [4.69, 9.17) is 5.73 Å². The van der Waals surface area contributed by atoms with Gasteiger partial charge in [0.1, 0.15) is 0 Å². The summed E-state index contributed by atoms with van der Waals surface area (Å²) >= 11 is 0. The van der Waals surface area contributed by atoms with E-state index in [9.17, 15) is 13.2 Å².